The Morgan fingerprint density at radius 3 is 2.67 bits per heavy atom. The van der Waals surface area contributed by atoms with E-state index in [0.29, 0.717) is 13.0 Å². The average Bonchev–Trinajstić information content (AvgIpc) is 3.44. The third kappa shape index (κ3) is 4.56. The Kier molecular flexibility index (Phi) is 6.91. The van der Waals surface area contributed by atoms with E-state index >= 15 is 0 Å². The number of amides is 1. The molecule has 7 nitrogen and oxygen atoms in total. The van der Waals surface area contributed by atoms with Crippen molar-refractivity contribution < 1.29 is 22.7 Å². The van der Waals surface area contributed by atoms with Crippen LogP contribution in [0.4, 0.5) is 0 Å². The van der Waals surface area contributed by atoms with Crippen molar-refractivity contribution in [2.24, 2.45) is 11.7 Å². The number of ether oxygens (including phenoxy) is 1. The lowest BCUT2D eigenvalue weighted by Crippen LogP contribution is -2.30. The number of hydrogen-bond donors (Lipinski definition) is 2. The number of halogens is 2. The van der Waals surface area contributed by atoms with Gasteiger partial charge in [0.05, 0.1) is 22.6 Å². The largest absolute Gasteiger partial charge is 0.372 e. The second-order valence-electron chi connectivity index (χ2n) is 7.05. The first-order valence-electron chi connectivity index (χ1n) is 9.15. The van der Waals surface area contributed by atoms with Gasteiger partial charge in [0.1, 0.15) is 4.90 Å². The maximum atomic E-state index is 12.8. The second kappa shape index (κ2) is 8.94. The molecule has 162 valence electrons. The van der Waals surface area contributed by atoms with E-state index in [-0.39, 0.29) is 57.1 Å². The SMILES string of the molecule is Cl.NCC1OCCc2sc(C(=O)NS(=O)(=O)c3cc(C(=O)C4CC4)ccc3Cl)cc21. The van der Waals surface area contributed by atoms with Gasteiger partial charge in [-0.3, -0.25) is 9.59 Å². The van der Waals surface area contributed by atoms with Crippen molar-refractivity contribution >= 4 is 57.1 Å². The van der Waals surface area contributed by atoms with Gasteiger partial charge in [-0.1, -0.05) is 11.6 Å². The minimum Gasteiger partial charge on any atom is -0.372 e. The van der Waals surface area contributed by atoms with Gasteiger partial charge >= 0.3 is 0 Å². The lowest BCUT2D eigenvalue weighted by Gasteiger charge is -2.21. The molecule has 2 heterocycles. The molecule has 4 rings (SSSR count). The minimum atomic E-state index is -4.25. The fraction of sp³-hybridized carbons (Fsp3) is 0.368. The van der Waals surface area contributed by atoms with Crippen molar-refractivity contribution in [2.75, 3.05) is 13.2 Å². The number of benzene rings is 1. The van der Waals surface area contributed by atoms with Crippen LogP contribution in [0.1, 0.15) is 49.4 Å². The molecular formula is C19H20Cl2N2O5S2. The van der Waals surface area contributed by atoms with Crippen molar-refractivity contribution in [1.29, 1.82) is 0 Å². The molecule has 1 atom stereocenters. The molecule has 1 unspecified atom stereocenters. The van der Waals surface area contributed by atoms with Crippen molar-refractivity contribution in [3.63, 3.8) is 0 Å². The normalized spacial score (nSPS) is 18.3. The Balaban J connectivity index is 0.00000256. The van der Waals surface area contributed by atoms with Gasteiger partial charge in [-0.15, -0.1) is 23.7 Å². The Hall–Kier alpha value is -1.49. The third-order valence-electron chi connectivity index (χ3n) is 4.96. The van der Waals surface area contributed by atoms with Gasteiger partial charge in [-0.05, 0) is 42.7 Å². The molecule has 0 spiro atoms. The number of ketones is 1. The zero-order chi connectivity index (χ0) is 20.8. The molecule has 1 saturated carbocycles. The van der Waals surface area contributed by atoms with E-state index in [1.165, 1.54) is 29.5 Å². The molecule has 1 aliphatic carbocycles. The fourth-order valence-electron chi connectivity index (χ4n) is 3.27. The lowest BCUT2D eigenvalue weighted by molar-refractivity contribution is 0.0498. The van der Waals surface area contributed by atoms with Crippen LogP contribution in [0, 0.1) is 5.92 Å². The summed E-state index contributed by atoms with van der Waals surface area (Å²) < 4.78 is 33.2. The standard InChI is InChI=1S/C19H19ClN2O5S2.ClH/c20-13-4-3-11(18(23)10-1-2-10)7-17(13)29(25,26)22-19(24)16-8-12-14(9-21)27-6-5-15(12)28-16;/h3-4,7-8,10,14H,1-2,5-6,9,21H2,(H,22,24);1H. The molecule has 1 fully saturated rings. The number of thiophene rings is 1. The predicted molar refractivity (Wildman–Crippen MR) is 116 cm³/mol. The van der Waals surface area contributed by atoms with E-state index in [9.17, 15) is 18.0 Å². The van der Waals surface area contributed by atoms with Gasteiger partial charge in [0.2, 0.25) is 0 Å². The van der Waals surface area contributed by atoms with Crippen LogP contribution >= 0.6 is 35.3 Å². The van der Waals surface area contributed by atoms with Crippen LogP contribution in [0.3, 0.4) is 0 Å². The second-order valence-corrected chi connectivity index (χ2v) is 10.2. The number of hydrogen-bond acceptors (Lipinski definition) is 7. The monoisotopic (exact) mass is 490 g/mol. The van der Waals surface area contributed by atoms with Gasteiger partial charge in [0.25, 0.3) is 15.9 Å². The molecule has 30 heavy (non-hydrogen) atoms. The summed E-state index contributed by atoms with van der Waals surface area (Å²) in [6.45, 7) is 0.784. The summed E-state index contributed by atoms with van der Waals surface area (Å²) in [7, 11) is -4.25. The zero-order valence-corrected chi connectivity index (χ0v) is 18.9. The molecule has 1 aliphatic heterocycles. The first-order chi connectivity index (χ1) is 13.8. The van der Waals surface area contributed by atoms with Gasteiger partial charge < -0.3 is 10.5 Å². The molecule has 11 heteroatoms. The van der Waals surface area contributed by atoms with Crippen LogP contribution in [0.2, 0.25) is 5.02 Å². The zero-order valence-electron chi connectivity index (χ0n) is 15.7. The van der Waals surface area contributed by atoms with Crippen LogP contribution in [-0.2, 0) is 21.2 Å². The summed E-state index contributed by atoms with van der Waals surface area (Å²) in [4.78, 5) is 25.8. The van der Waals surface area contributed by atoms with Crippen molar-refractivity contribution in [3.05, 3.63) is 50.2 Å². The summed E-state index contributed by atoms with van der Waals surface area (Å²) in [5, 5.41) is -0.0558. The van der Waals surface area contributed by atoms with Crippen LogP contribution in [0.15, 0.2) is 29.2 Å². The number of sulfonamides is 1. The van der Waals surface area contributed by atoms with Crippen LogP contribution in [-0.4, -0.2) is 33.3 Å². The number of nitrogens with two attached hydrogens (primary N) is 1. The highest BCUT2D eigenvalue weighted by atomic mass is 35.5. The smallest absolute Gasteiger partial charge is 0.275 e. The molecule has 1 amide bonds. The highest BCUT2D eigenvalue weighted by Crippen LogP contribution is 2.35. The van der Waals surface area contributed by atoms with E-state index < -0.39 is 15.9 Å². The highest BCUT2D eigenvalue weighted by Gasteiger charge is 2.32. The van der Waals surface area contributed by atoms with Crippen molar-refractivity contribution in [3.8, 4) is 0 Å². The van der Waals surface area contributed by atoms with Gasteiger partial charge in [0.15, 0.2) is 5.78 Å². The summed E-state index contributed by atoms with van der Waals surface area (Å²) in [5.74, 6) is -0.921. The van der Waals surface area contributed by atoms with Crippen LogP contribution in [0.5, 0.6) is 0 Å². The number of fused-ring (bicyclic) bond motifs is 1. The summed E-state index contributed by atoms with van der Waals surface area (Å²) in [6, 6.07) is 5.72. The molecule has 2 aliphatic rings. The molecule has 1 aromatic heterocycles. The molecule has 1 aromatic carbocycles. The Morgan fingerprint density at radius 2 is 2.00 bits per heavy atom. The Labute approximate surface area is 189 Å². The Bertz CT molecular complexity index is 1100. The summed E-state index contributed by atoms with van der Waals surface area (Å²) in [5.41, 5.74) is 6.80. The van der Waals surface area contributed by atoms with E-state index in [1.807, 2.05) is 0 Å². The Morgan fingerprint density at radius 1 is 1.27 bits per heavy atom. The molecule has 3 N–H and O–H groups in total. The molecule has 0 radical (unpaired) electrons. The van der Waals surface area contributed by atoms with E-state index in [0.717, 1.165) is 23.3 Å². The molecule has 0 saturated heterocycles. The molecule has 2 aromatic rings. The first kappa shape index (κ1) is 23.2. The number of carbonyl (C=O) groups is 2. The van der Waals surface area contributed by atoms with Gasteiger partial charge in [0, 0.05) is 29.3 Å². The van der Waals surface area contributed by atoms with E-state index in [2.05, 4.69) is 4.72 Å². The van der Waals surface area contributed by atoms with E-state index in [4.69, 9.17) is 22.1 Å². The average molecular weight is 491 g/mol. The quantitative estimate of drug-likeness (QED) is 0.600. The highest BCUT2D eigenvalue weighted by molar-refractivity contribution is 7.90. The molecule has 0 bridgehead atoms. The first-order valence-corrected chi connectivity index (χ1v) is 11.8. The molecular weight excluding hydrogens is 471 g/mol. The predicted octanol–water partition coefficient (Wildman–Crippen LogP) is 3.11. The number of Topliss-reactive ketones (excluding diaryl/α,β-unsaturated/α-hetero) is 1. The van der Waals surface area contributed by atoms with Crippen LogP contribution < -0.4 is 10.5 Å². The number of nitrogens with one attached hydrogen (secondary N) is 1. The number of carbonyl (C=O) groups excluding carboxylic acids is 2. The van der Waals surface area contributed by atoms with Crippen LogP contribution in [0.25, 0.3) is 0 Å². The van der Waals surface area contributed by atoms with E-state index in [1.54, 1.807) is 6.07 Å². The van der Waals surface area contributed by atoms with Crippen molar-refractivity contribution in [2.45, 2.75) is 30.3 Å². The van der Waals surface area contributed by atoms with Crippen molar-refractivity contribution in [1.82, 2.24) is 4.72 Å². The maximum Gasteiger partial charge on any atom is 0.275 e. The van der Waals surface area contributed by atoms with Gasteiger partial charge in [-0.25, -0.2) is 13.1 Å². The maximum absolute atomic E-state index is 12.8. The fourth-order valence-corrected chi connectivity index (χ4v) is 5.92. The topological polar surface area (TPSA) is 116 Å². The lowest BCUT2D eigenvalue weighted by atomic mass is 10.1. The van der Waals surface area contributed by atoms with Gasteiger partial charge in [-0.2, -0.15) is 0 Å². The summed E-state index contributed by atoms with van der Waals surface area (Å²) >= 11 is 7.28. The third-order valence-corrected chi connectivity index (χ3v) is 7.98. The number of rotatable bonds is 6. The summed E-state index contributed by atoms with van der Waals surface area (Å²) in [6.07, 6.45) is 1.95. The minimum absolute atomic E-state index is 0.